The van der Waals surface area contributed by atoms with Crippen LogP contribution in [0, 0.1) is 0 Å². The second-order valence-electron chi connectivity index (χ2n) is 6.55. The van der Waals surface area contributed by atoms with Gasteiger partial charge < -0.3 is 0 Å². The van der Waals surface area contributed by atoms with E-state index in [0.717, 1.165) is 27.6 Å². The molecule has 26 heavy (non-hydrogen) atoms. The molecule has 3 aromatic rings. The lowest BCUT2D eigenvalue weighted by Crippen LogP contribution is -1.90. The molecule has 0 fully saturated rings. The summed E-state index contributed by atoms with van der Waals surface area (Å²) in [6.07, 6.45) is 6.30. The minimum atomic E-state index is 0.0734. The molecular formula is C22H24N2OS. The lowest BCUT2D eigenvalue weighted by Gasteiger charge is -2.02. The number of ketones is 1. The third-order valence-electron chi connectivity index (χ3n) is 4.48. The molecule has 0 amide bonds. The highest BCUT2D eigenvalue weighted by Crippen LogP contribution is 2.30. The number of aryl methyl sites for hydroxylation is 1. The molecule has 0 saturated heterocycles. The van der Waals surface area contributed by atoms with Gasteiger partial charge in [-0.25, -0.2) is 0 Å². The van der Waals surface area contributed by atoms with Crippen LogP contribution in [0.4, 0.5) is 0 Å². The topological polar surface area (TPSA) is 42.9 Å². The van der Waals surface area contributed by atoms with E-state index in [1.807, 2.05) is 24.3 Å². The van der Waals surface area contributed by atoms with Crippen molar-refractivity contribution in [1.82, 2.24) is 10.2 Å². The van der Waals surface area contributed by atoms with Crippen LogP contribution in [0.15, 0.2) is 48.5 Å². The van der Waals surface area contributed by atoms with Crippen LogP contribution >= 0.6 is 11.3 Å². The van der Waals surface area contributed by atoms with Crippen molar-refractivity contribution < 1.29 is 4.79 Å². The van der Waals surface area contributed by atoms with E-state index in [0.29, 0.717) is 5.56 Å². The molecule has 0 saturated carbocycles. The van der Waals surface area contributed by atoms with E-state index in [4.69, 9.17) is 0 Å². The predicted octanol–water partition coefficient (Wildman–Crippen LogP) is 6.20. The third kappa shape index (κ3) is 4.64. The lowest BCUT2D eigenvalue weighted by molar-refractivity contribution is 0.101. The van der Waals surface area contributed by atoms with Gasteiger partial charge in [-0.2, -0.15) is 0 Å². The van der Waals surface area contributed by atoms with E-state index in [-0.39, 0.29) is 5.78 Å². The summed E-state index contributed by atoms with van der Waals surface area (Å²) in [6.45, 7) is 3.81. The van der Waals surface area contributed by atoms with Crippen molar-refractivity contribution in [2.45, 2.75) is 46.0 Å². The van der Waals surface area contributed by atoms with Gasteiger partial charge in [0, 0.05) is 16.7 Å². The van der Waals surface area contributed by atoms with Crippen LogP contribution in [-0.2, 0) is 6.42 Å². The quantitative estimate of drug-likeness (QED) is 0.353. The highest BCUT2D eigenvalue weighted by Gasteiger charge is 2.09. The SMILES string of the molecule is CCCCCCc1ccc(-c2nnc(-c3ccc(C(C)=O)cc3)s2)cc1. The Morgan fingerprint density at radius 3 is 1.96 bits per heavy atom. The number of Topliss-reactive ketones (excluding diaryl/α,β-unsaturated/α-hetero) is 1. The van der Waals surface area contributed by atoms with Crippen molar-refractivity contribution in [3.8, 4) is 21.1 Å². The van der Waals surface area contributed by atoms with Crippen molar-refractivity contribution in [1.29, 1.82) is 0 Å². The Morgan fingerprint density at radius 2 is 1.42 bits per heavy atom. The Hall–Kier alpha value is -2.33. The van der Waals surface area contributed by atoms with Gasteiger partial charge >= 0.3 is 0 Å². The van der Waals surface area contributed by atoms with E-state index in [1.54, 1.807) is 18.3 Å². The molecule has 2 aromatic carbocycles. The van der Waals surface area contributed by atoms with Crippen molar-refractivity contribution in [2.75, 3.05) is 0 Å². The maximum Gasteiger partial charge on any atom is 0.159 e. The van der Waals surface area contributed by atoms with Crippen LogP contribution in [-0.4, -0.2) is 16.0 Å². The number of carbonyl (C=O) groups is 1. The van der Waals surface area contributed by atoms with E-state index < -0.39 is 0 Å². The summed E-state index contributed by atoms with van der Waals surface area (Å²) in [5, 5.41) is 10.4. The summed E-state index contributed by atoms with van der Waals surface area (Å²) >= 11 is 1.58. The van der Waals surface area contributed by atoms with Crippen molar-refractivity contribution in [3.05, 3.63) is 59.7 Å². The predicted molar refractivity (Wildman–Crippen MR) is 109 cm³/mol. The van der Waals surface area contributed by atoms with Gasteiger partial charge in [0.2, 0.25) is 0 Å². The molecule has 1 heterocycles. The maximum absolute atomic E-state index is 11.4. The first-order chi connectivity index (χ1) is 12.7. The fourth-order valence-corrected chi connectivity index (χ4v) is 3.73. The smallest absolute Gasteiger partial charge is 0.159 e. The van der Waals surface area contributed by atoms with Crippen LogP contribution < -0.4 is 0 Å². The zero-order valence-electron chi connectivity index (χ0n) is 15.4. The second kappa shape index (κ2) is 8.86. The molecule has 3 rings (SSSR count). The first-order valence-electron chi connectivity index (χ1n) is 9.21. The molecule has 0 atom stereocenters. The lowest BCUT2D eigenvalue weighted by atomic mass is 10.0. The second-order valence-corrected chi connectivity index (χ2v) is 7.53. The number of aromatic nitrogens is 2. The summed E-state index contributed by atoms with van der Waals surface area (Å²) in [5.41, 5.74) is 4.19. The van der Waals surface area contributed by atoms with Gasteiger partial charge in [0.25, 0.3) is 0 Å². The van der Waals surface area contributed by atoms with Crippen molar-refractivity contribution >= 4 is 17.1 Å². The molecule has 1 aromatic heterocycles. The summed E-state index contributed by atoms with van der Waals surface area (Å²) in [7, 11) is 0. The van der Waals surface area contributed by atoms with E-state index in [1.165, 1.54) is 31.2 Å². The molecule has 0 aliphatic heterocycles. The van der Waals surface area contributed by atoms with Gasteiger partial charge in [-0.15, -0.1) is 10.2 Å². The molecular weight excluding hydrogens is 340 g/mol. The molecule has 0 radical (unpaired) electrons. The van der Waals surface area contributed by atoms with Crippen LogP contribution in [0.3, 0.4) is 0 Å². The summed E-state index contributed by atoms with van der Waals surface area (Å²) in [4.78, 5) is 11.4. The number of nitrogens with zero attached hydrogens (tertiary/aromatic N) is 2. The van der Waals surface area contributed by atoms with Crippen LogP contribution in [0.1, 0.15) is 55.5 Å². The number of unbranched alkanes of at least 4 members (excludes halogenated alkanes) is 3. The molecule has 0 N–H and O–H groups in total. The molecule has 0 spiro atoms. The Bertz CT molecular complexity index is 851. The van der Waals surface area contributed by atoms with Gasteiger partial charge in [0.15, 0.2) is 5.78 Å². The Kier molecular flexibility index (Phi) is 6.29. The van der Waals surface area contributed by atoms with Crippen LogP contribution in [0.25, 0.3) is 21.1 Å². The highest BCUT2D eigenvalue weighted by molar-refractivity contribution is 7.17. The van der Waals surface area contributed by atoms with Gasteiger partial charge in [0.1, 0.15) is 10.0 Å². The first-order valence-corrected chi connectivity index (χ1v) is 10.0. The molecule has 0 aliphatic carbocycles. The first kappa shape index (κ1) is 18.5. The van der Waals surface area contributed by atoms with Gasteiger partial charge in [-0.1, -0.05) is 86.1 Å². The Balaban J connectivity index is 1.68. The molecule has 0 unspecified atom stereocenters. The van der Waals surface area contributed by atoms with Crippen LogP contribution in [0.5, 0.6) is 0 Å². The fraction of sp³-hybridized carbons (Fsp3) is 0.318. The molecule has 3 nitrogen and oxygen atoms in total. The van der Waals surface area contributed by atoms with Crippen molar-refractivity contribution in [2.24, 2.45) is 0 Å². The van der Waals surface area contributed by atoms with E-state index in [2.05, 4.69) is 41.4 Å². The van der Waals surface area contributed by atoms with Gasteiger partial charge in [-0.05, 0) is 25.3 Å². The largest absolute Gasteiger partial charge is 0.295 e. The Morgan fingerprint density at radius 1 is 0.846 bits per heavy atom. The normalized spacial score (nSPS) is 10.8. The monoisotopic (exact) mass is 364 g/mol. The van der Waals surface area contributed by atoms with Gasteiger partial charge in [0.05, 0.1) is 0 Å². The maximum atomic E-state index is 11.4. The van der Waals surface area contributed by atoms with E-state index in [9.17, 15) is 4.79 Å². The summed E-state index contributed by atoms with van der Waals surface area (Å²) < 4.78 is 0. The number of hydrogen-bond acceptors (Lipinski definition) is 4. The fourth-order valence-electron chi connectivity index (χ4n) is 2.87. The number of rotatable bonds is 8. The average molecular weight is 365 g/mol. The molecule has 0 bridgehead atoms. The Labute approximate surface area is 159 Å². The zero-order valence-corrected chi connectivity index (χ0v) is 16.2. The number of benzene rings is 2. The zero-order chi connectivity index (χ0) is 18.4. The summed E-state index contributed by atoms with van der Waals surface area (Å²) in [6, 6.07) is 16.2. The number of hydrogen-bond donors (Lipinski definition) is 0. The van der Waals surface area contributed by atoms with Gasteiger partial charge in [-0.3, -0.25) is 4.79 Å². The average Bonchev–Trinajstić information content (AvgIpc) is 3.16. The highest BCUT2D eigenvalue weighted by atomic mass is 32.1. The number of carbonyl (C=O) groups excluding carboxylic acids is 1. The minimum Gasteiger partial charge on any atom is -0.295 e. The third-order valence-corrected chi connectivity index (χ3v) is 5.50. The minimum absolute atomic E-state index is 0.0734. The molecule has 0 aliphatic rings. The summed E-state index contributed by atoms with van der Waals surface area (Å²) in [5.74, 6) is 0.0734. The standard InChI is InChI=1S/C22H24N2OS/c1-3-4-5-6-7-17-8-10-19(11-9-17)21-23-24-22(26-21)20-14-12-18(13-15-20)16(2)25/h8-15H,3-7H2,1-2H3. The molecule has 134 valence electrons. The van der Waals surface area contributed by atoms with Crippen LogP contribution in [0.2, 0.25) is 0 Å². The van der Waals surface area contributed by atoms with Crippen molar-refractivity contribution in [3.63, 3.8) is 0 Å². The molecule has 4 heteroatoms. The van der Waals surface area contributed by atoms with E-state index >= 15 is 0 Å².